The molecule has 0 saturated heterocycles. The highest BCUT2D eigenvalue weighted by Gasteiger charge is 2.31. The monoisotopic (exact) mass is 359 g/mol. The van der Waals surface area contributed by atoms with Crippen LogP contribution in [0.25, 0.3) is 0 Å². The van der Waals surface area contributed by atoms with Gasteiger partial charge in [0.15, 0.2) is 0 Å². The van der Waals surface area contributed by atoms with E-state index in [2.05, 4.69) is 6.92 Å². The Bertz CT molecular complexity index is 609. The van der Waals surface area contributed by atoms with E-state index in [-0.39, 0.29) is 5.92 Å². The Balaban J connectivity index is 1.52. The predicted molar refractivity (Wildman–Crippen MR) is 101 cm³/mol. The van der Waals surface area contributed by atoms with Crippen molar-refractivity contribution in [1.82, 2.24) is 0 Å². The van der Waals surface area contributed by atoms with Gasteiger partial charge in [0.25, 0.3) is 0 Å². The van der Waals surface area contributed by atoms with Gasteiger partial charge in [0.05, 0.1) is 0 Å². The maximum atomic E-state index is 13.9. The van der Waals surface area contributed by atoms with Crippen LogP contribution in [0.4, 0.5) is 8.78 Å². The summed E-state index contributed by atoms with van der Waals surface area (Å²) in [5, 5.41) is 8.82. The molecule has 2 aliphatic rings. The van der Waals surface area contributed by atoms with E-state index >= 15 is 0 Å². The highest BCUT2D eigenvalue weighted by atomic mass is 19.1. The normalized spacial score (nSPS) is 29.3. The largest absolute Gasteiger partial charge is 0.205 e. The van der Waals surface area contributed by atoms with Crippen LogP contribution in [-0.2, 0) is 0 Å². The third kappa shape index (κ3) is 4.45. The second kappa shape index (κ2) is 8.98. The fourth-order valence-corrected chi connectivity index (χ4v) is 5.30. The standard InChI is InChI=1S/C23H31F2N/c1-2-3-4-16-5-7-17(8-6-16)18-9-11-19(12-10-18)20-13-22(24)21(15-26)23(25)14-20/h13-14,16-19H,2-12H2,1H3. The Labute approximate surface area is 156 Å². The lowest BCUT2D eigenvalue weighted by Crippen LogP contribution is -2.25. The molecule has 0 heterocycles. The first kappa shape index (κ1) is 19.3. The summed E-state index contributed by atoms with van der Waals surface area (Å²) in [4.78, 5) is 0. The molecule has 0 amide bonds. The van der Waals surface area contributed by atoms with Gasteiger partial charge in [0.1, 0.15) is 23.3 Å². The number of nitrogens with zero attached hydrogens (tertiary/aromatic N) is 1. The van der Waals surface area contributed by atoms with E-state index in [1.807, 2.05) is 0 Å². The Kier molecular flexibility index (Phi) is 6.68. The van der Waals surface area contributed by atoms with Crippen molar-refractivity contribution in [3.63, 3.8) is 0 Å². The van der Waals surface area contributed by atoms with Crippen molar-refractivity contribution in [2.45, 2.75) is 83.5 Å². The third-order valence-electron chi connectivity index (χ3n) is 6.94. The average molecular weight is 360 g/mol. The van der Waals surface area contributed by atoms with E-state index < -0.39 is 17.2 Å². The van der Waals surface area contributed by atoms with E-state index in [4.69, 9.17) is 5.26 Å². The van der Waals surface area contributed by atoms with Crippen molar-refractivity contribution in [2.75, 3.05) is 0 Å². The number of hydrogen-bond donors (Lipinski definition) is 0. The molecule has 1 aromatic carbocycles. The molecule has 1 nitrogen and oxygen atoms in total. The maximum Gasteiger partial charge on any atom is 0.144 e. The molecule has 142 valence electrons. The van der Waals surface area contributed by atoms with Crippen molar-refractivity contribution >= 4 is 0 Å². The van der Waals surface area contributed by atoms with Crippen LogP contribution in [0, 0.1) is 40.7 Å². The zero-order chi connectivity index (χ0) is 18.5. The van der Waals surface area contributed by atoms with Crippen LogP contribution < -0.4 is 0 Å². The molecule has 0 unspecified atom stereocenters. The molecule has 3 heteroatoms. The molecule has 0 spiro atoms. The number of unbranched alkanes of at least 4 members (excludes halogenated alkanes) is 1. The Morgan fingerprint density at radius 2 is 1.46 bits per heavy atom. The van der Waals surface area contributed by atoms with Gasteiger partial charge in [0, 0.05) is 0 Å². The Hall–Kier alpha value is -1.43. The van der Waals surface area contributed by atoms with Crippen LogP contribution in [-0.4, -0.2) is 0 Å². The van der Waals surface area contributed by atoms with Crippen LogP contribution in [0.1, 0.15) is 94.6 Å². The van der Waals surface area contributed by atoms with Crippen molar-refractivity contribution in [3.8, 4) is 6.07 Å². The zero-order valence-corrected chi connectivity index (χ0v) is 15.9. The summed E-state index contributed by atoms with van der Waals surface area (Å²) in [6.45, 7) is 2.27. The minimum Gasteiger partial charge on any atom is -0.205 e. The lowest BCUT2D eigenvalue weighted by molar-refractivity contribution is 0.156. The predicted octanol–water partition coefficient (Wildman–Crippen LogP) is 7.11. The minimum atomic E-state index is -0.713. The van der Waals surface area contributed by atoms with Gasteiger partial charge in [-0.25, -0.2) is 8.78 Å². The molecular formula is C23H31F2N. The van der Waals surface area contributed by atoms with Crippen LogP contribution >= 0.6 is 0 Å². The molecule has 1 aromatic rings. The molecule has 0 aromatic heterocycles. The topological polar surface area (TPSA) is 23.8 Å². The second-order valence-corrected chi connectivity index (χ2v) is 8.51. The summed E-state index contributed by atoms with van der Waals surface area (Å²) < 4.78 is 27.8. The molecular weight excluding hydrogens is 328 g/mol. The minimum absolute atomic E-state index is 0.240. The van der Waals surface area contributed by atoms with Gasteiger partial charge in [-0.2, -0.15) is 5.26 Å². The maximum absolute atomic E-state index is 13.9. The van der Waals surface area contributed by atoms with Gasteiger partial charge in [-0.15, -0.1) is 0 Å². The van der Waals surface area contributed by atoms with Crippen LogP contribution in [0.3, 0.4) is 0 Å². The summed E-state index contributed by atoms with van der Waals surface area (Å²) in [6, 6.07) is 4.37. The molecule has 0 radical (unpaired) electrons. The average Bonchev–Trinajstić information content (AvgIpc) is 2.67. The molecule has 0 aliphatic heterocycles. The van der Waals surface area contributed by atoms with Gasteiger partial charge >= 0.3 is 0 Å². The summed E-state index contributed by atoms with van der Waals surface area (Å²) in [5.74, 6) is 1.43. The van der Waals surface area contributed by atoms with Crippen molar-refractivity contribution in [3.05, 3.63) is 34.9 Å². The molecule has 0 N–H and O–H groups in total. The molecule has 3 rings (SSSR count). The summed E-state index contributed by atoms with van der Waals surface area (Å²) in [7, 11) is 0. The van der Waals surface area contributed by atoms with E-state index in [9.17, 15) is 8.78 Å². The van der Waals surface area contributed by atoms with Crippen LogP contribution in [0.5, 0.6) is 0 Å². The molecule has 2 saturated carbocycles. The van der Waals surface area contributed by atoms with Gasteiger partial charge < -0.3 is 0 Å². The number of halogens is 2. The van der Waals surface area contributed by atoms with E-state index in [0.29, 0.717) is 0 Å². The quantitative estimate of drug-likeness (QED) is 0.549. The van der Waals surface area contributed by atoms with E-state index in [1.54, 1.807) is 6.07 Å². The summed E-state index contributed by atoms with van der Waals surface area (Å²) in [5.41, 5.74) is 0.281. The Morgan fingerprint density at radius 1 is 0.923 bits per heavy atom. The highest BCUT2D eigenvalue weighted by molar-refractivity contribution is 5.36. The summed E-state index contributed by atoms with van der Waals surface area (Å²) in [6.07, 6.45) is 14.0. The number of rotatable bonds is 5. The Morgan fingerprint density at radius 3 is 1.96 bits per heavy atom. The molecule has 0 atom stereocenters. The van der Waals surface area contributed by atoms with Gasteiger partial charge in [-0.1, -0.05) is 39.0 Å². The molecule has 0 bridgehead atoms. The first-order chi connectivity index (χ1) is 12.6. The number of benzene rings is 1. The van der Waals surface area contributed by atoms with Crippen molar-refractivity contribution in [1.29, 1.82) is 5.26 Å². The van der Waals surface area contributed by atoms with Gasteiger partial charge in [-0.3, -0.25) is 0 Å². The SMILES string of the molecule is CCCCC1CCC(C2CCC(c3cc(F)c(C#N)c(F)c3)CC2)CC1. The van der Waals surface area contributed by atoms with Crippen molar-refractivity contribution < 1.29 is 8.78 Å². The van der Waals surface area contributed by atoms with E-state index in [1.165, 1.54) is 69.9 Å². The zero-order valence-electron chi connectivity index (χ0n) is 15.9. The van der Waals surface area contributed by atoms with E-state index in [0.717, 1.165) is 36.2 Å². The second-order valence-electron chi connectivity index (χ2n) is 8.51. The molecule has 2 fully saturated rings. The summed E-state index contributed by atoms with van der Waals surface area (Å²) >= 11 is 0. The highest BCUT2D eigenvalue weighted by Crippen LogP contribution is 2.44. The first-order valence-corrected chi connectivity index (χ1v) is 10.5. The lowest BCUT2D eigenvalue weighted by atomic mass is 9.68. The number of nitriles is 1. The van der Waals surface area contributed by atoms with Crippen LogP contribution in [0.2, 0.25) is 0 Å². The molecule has 26 heavy (non-hydrogen) atoms. The van der Waals surface area contributed by atoms with Crippen molar-refractivity contribution in [2.24, 2.45) is 17.8 Å². The lowest BCUT2D eigenvalue weighted by Gasteiger charge is -2.38. The van der Waals surface area contributed by atoms with Gasteiger partial charge in [-0.05, 0) is 79.9 Å². The van der Waals surface area contributed by atoms with Crippen LogP contribution in [0.15, 0.2) is 12.1 Å². The molecule has 2 aliphatic carbocycles. The van der Waals surface area contributed by atoms with Gasteiger partial charge in [0.2, 0.25) is 0 Å². The third-order valence-corrected chi connectivity index (χ3v) is 6.94. The first-order valence-electron chi connectivity index (χ1n) is 10.5. The number of hydrogen-bond acceptors (Lipinski definition) is 1. The smallest absolute Gasteiger partial charge is 0.144 e. The fourth-order valence-electron chi connectivity index (χ4n) is 5.30. The fraction of sp³-hybridized carbons (Fsp3) is 0.696.